The first-order valence-electron chi connectivity index (χ1n) is 5.90. The van der Waals surface area contributed by atoms with Gasteiger partial charge in [-0.05, 0) is 47.0 Å². The molecule has 1 aromatic rings. The van der Waals surface area contributed by atoms with Gasteiger partial charge in [-0.25, -0.2) is 22.0 Å². The van der Waals surface area contributed by atoms with E-state index in [1.807, 2.05) is 6.92 Å². The predicted octanol–water partition coefficient (Wildman–Crippen LogP) is 1.95. The Balaban J connectivity index is 3.14. The average Bonchev–Trinajstić information content (AvgIpc) is 2.29. The van der Waals surface area contributed by atoms with Crippen molar-refractivity contribution in [1.82, 2.24) is 0 Å². The van der Waals surface area contributed by atoms with Crippen LogP contribution in [0.25, 0.3) is 0 Å². The van der Waals surface area contributed by atoms with Gasteiger partial charge in [-0.2, -0.15) is 0 Å². The molecule has 3 N–H and O–H groups in total. The van der Waals surface area contributed by atoms with Gasteiger partial charge in [0.25, 0.3) is 0 Å². The van der Waals surface area contributed by atoms with Crippen molar-refractivity contribution in [3.63, 3.8) is 0 Å². The van der Waals surface area contributed by atoms with Gasteiger partial charge in [-0.15, -0.1) is 0 Å². The number of unbranched alkanes of at least 4 members (excludes halogenated alkanes) is 1. The Bertz CT molecular complexity index is 699. The molecule has 0 saturated heterocycles. The zero-order chi connectivity index (χ0) is 15.6. The highest BCUT2D eigenvalue weighted by molar-refractivity contribution is 9.10. The summed E-state index contributed by atoms with van der Waals surface area (Å²) in [7, 11) is -7.28. The smallest absolute Gasteiger partial charge is 0.238 e. The number of sulfonamides is 2. The van der Waals surface area contributed by atoms with Gasteiger partial charge >= 0.3 is 0 Å². The Morgan fingerprint density at radius 1 is 1.25 bits per heavy atom. The molecular weight excluding hydrogens is 368 g/mol. The van der Waals surface area contributed by atoms with E-state index in [1.165, 1.54) is 12.1 Å². The minimum atomic E-state index is -3.84. The zero-order valence-corrected chi connectivity index (χ0v) is 14.4. The number of benzene rings is 1. The van der Waals surface area contributed by atoms with Crippen molar-refractivity contribution in [2.24, 2.45) is 5.14 Å². The monoisotopic (exact) mass is 384 g/mol. The maximum atomic E-state index is 11.8. The van der Waals surface area contributed by atoms with Gasteiger partial charge in [-0.1, -0.05) is 13.3 Å². The second-order valence-corrected chi connectivity index (χ2v) is 8.64. The van der Waals surface area contributed by atoms with E-state index in [2.05, 4.69) is 20.7 Å². The number of rotatable bonds is 6. The molecule has 0 radical (unpaired) electrons. The normalized spacial score (nSPS) is 12.4. The molecule has 0 fully saturated rings. The van der Waals surface area contributed by atoms with Gasteiger partial charge in [0.05, 0.1) is 16.3 Å². The fourth-order valence-corrected chi connectivity index (χ4v) is 4.39. The van der Waals surface area contributed by atoms with Crippen LogP contribution < -0.4 is 9.86 Å². The van der Waals surface area contributed by atoms with E-state index in [0.29, 0.717) is 22.1 Å². The number of nitrogens with two attached hydrogens (primary N) is 1. The fourth-order valence-electron chi connectivity index (χ4n) is 1.60. The predicted molar refractivity (Wildman–Crippen MR) is 82.6 cm³/mol. The van der Waals surface area contributed by atoms with Crippen molar-refractivity contribution >= 4 is 41.7 Å². The number of anilines is 1. The summed E-state index contributed by atoms with van der Waals surface area (Å²) in [6, 6.07) is 2.73. The molecule has 0 amide bonds. The molecule has 1 rings (SSSR count). The molecule has 1 aromatic carbocycles. The Morgan fingerprint density at radius 2 is 1.85 bits per heavy atom. The van der Waals surface area contributed by atoms with Gasteiger partial charge in [0.1, 0.15) is 0 Å². The molecule has 0 unspecified atom stereocenters. The average molecular weight is 385 g/mol. The van der Waals surface area contributed by atoms with E-state index in [9.17, 15) is 16.8 Å². The van der Waals surface area contributed by atoms with Crippen LogP contribution in [0.15, 0.2) is 21.5 Å². The van der Waals surface area contributed by atoms with E-state index >= 15 is 0 Å². The van der Waals surface area contributed by atoms with Crippen molar-refractivity contribution in [1.29, 1.82) is 0 Å². The summed E-state index contributed by atoms with van der Waals surface area (Å²) in [5.41, 5.74) is 0.676. The molecule has 0 aliphatic heterocycles. The molecule has 6 nitrogen and oxygen atoms in total. The van der Waals surface area contributed by atoms with Crippen molar-refractivity contribution in [3.05, 3.63) is 22.2 Å². The molecule has 0 bridgehead atoms. The Kier molecular flexibility index (Phi) is 5.59. The molecular formula is C11H17BrN2O4S2. The quantitative estimate of drug-likeness (QED) is 0.781. The third-order valence-electron chi connectivity index (χ3n) is 2.60. The van der Waals surface area contributed by atoms with E-state index in [1.54, 1.807) is 6.92 Å². The molecule has 0 saturated carbocycles. The first-order valence-corrected chi connectivity index (χ1v) is 9.89. The summed E-state index contributed by atoms with van der Waals surface area (Å²) in [5.74, 6) is 0.0198. The van der Waals surface area contributed by atoms with E-state index < -0.39 is 20.0 Å². The topological polar surface area (TPSA) is 106 Å². The van der Waals surface area contributed by atoms with Crippen LogP contribution >= 0.6 is 15.9 Å². The third kappa shape index (κ3) is 4.72. The molecule has 0 spiro atoms. The highest BCUT2D eigenvalue weighted by Crippen LogP contribution is 2.29. The molecule has 0 aliphatic carbocycles. The maximum Gasteiger partial charge on any atom is 0.238 e. The minimum Gasteiger partial charge on any atom is -0.282 e. The number of primary sulfonamides is 1. The lowest BCUT2D eigenvalue weighted by molar-refractivity contribution is 0.596. The summed E-state index contributed by atoms with van der Waals surface area (Å²) in [4.78, 5) is -0.0409. The number of nitrogens with one attached hydrogen (secondary N) is 1. The summed E-state index contributed by atoms with van der Waals surface area (Å²) >= 11 is 3.15. The van der Waals surface area contributed by atoms with Crippen molar-refractivity contribution in [2.45, 2.75) is 31.6 Å². The third-order valence-corrected chi connectivity index (χ3v) is 5.67. The fraction of sp³-hybridized carbons (Fsp3) is 0.455. The summed E-state index contributed by atoms with van der Waals surface area (Å²) in [6.45, 7) is 3.45. The first-order chi connectivity index (χ1) is 9.07. The molecule has 0 heterocycles. The molecule has 0 aliphatic rings. The van der Waals surface area contributed by atoms with Gasteiger partial charge in [0, 0.05) is 4.47 Å². The Hall–Kier alpha value is -0.640. The number of aryl methyl sites for hydroxylation is 1. The Labute approximate surface area is 128 Å². The number of halogens is 1. The highest BCUT2D eigenvalue weighted by atomic mass is 79.9. The van der Waals surface area contributed by atoms with Crippen LogP contribution in [0, 0.1) is 6.92 Å². The lowest BCUT2D eigenvalue weighted by atomic mass is 10.2. The largest absolute Gasteiger partial charge is 0.282 e. The molecule has 0 atom stereocenters. The van der Waals surface area contributed by atoms with Crippen LogP contribution in [0.3, 0.4) is 0 Å². The molecule has 0 aromatic heterocycles. The number of hydrogen-bond donors (Lipinski definition) is 2. The molecule has 9 heteroatoms. The van der Waals surface area contributed by atoms with Crippen LogP contribution in [-0.4, -0.2) is 22.6 Å². The Morgan fingerprint density at radius 3 is 2.35 bits per heavy atom. The minimum absolute atomic E-state index is 0.0198. The van der Waals surface area contributed by atoms with Crippen LogP contribution in [0.5, 0.6) is 0 Å². The van der Waals surface area contributed by atoms with Gasteiger partial charge in [0.15, 0.2) is 0 Å². The number of hydrogen-bond acceptors (Lipinski definition) is 4. The van der Waals surface area contributed by atoms with Crippen LogP contribution in [0.4, 0.5) is 5.69 Å². The van der Waals surface area contributed by atoms with Gasteiger partial charge < -0.3 is 0 Å². The second-order valence-electron chi connectivity index (χ2n) is 4.42. The van der Waals surface area contributed by atoms with Crippen LogP contribution in [0.2, 0.25) is 0 Å². The standard InChI is InChI=1S/C11H17BrN2O4S2/c1-3-4-5-19(15,16)14-10-6-8(2)11(7-9(10)12)20(13,17)18/h6-7,14H,3-5H2,1-2H3,(H2,13,17,18). The summed E-state index contributed by atoms with van der Waals surface area (Å²) in [5, 5.41) is 5.08. The lowest BCUT2D eigenvalue weighted by Gasteiger charge is -2.12. The second kappa shape index (κ2) is 6.42. The summed E-state index contributed by atoms with van der Waals surface area (Å²) in [6.07, 6.45) is 1.33. The zero-order valence-electron chi connectivity index (χ0n) is 11.2. The van der Waals surface area contributed by atoms with Crippen LogP contribution in [-0.2, 0) is 20.0 Å². The van der Waals surface area contributed by atoms with Crippen molar-refractivity contribution in [3.8, 4) is 0 Å². The SMILES string of the molecule is CCCCS(=O)(=O)Nc1cc(C)c(S(N)(=O)=O)cc1Br. The molecule has 20 heavy (non-hydrogen) atoms. The van der Waals surface area contributed by atoms with E-state index in [-0.39, 0.29) is 10.6 Å². The van der Waals surface area contributed by atoms with Crippen LogP contribution in [0.1, 0.15) is 25.3 Å². The molecule has 114 valence electrons. The van der Waals surface area contributed by atoms with Crippen molar-refractivity contribution in [2.75, 3.05) is 10.5 Å². The maximum absolute atomic E-state index is 11.8. The highest BCUT2D eigenvalue weighted by Gasteiger charge is 2.17. The first kappa shape index (κ1) is 17.4. The van der Waals surface area contributed by atoms with Gasteiger partial charge in [-0.3, -0.25) is 4.72 Å². The summed E-state index contributed by atoms with van der Waals surface area (Å²) < 4.78 is 49.1. The van der Waals surface area contributed by atoms with E-state index in [0.717, 1.165) is 6.42 Å². The van der Waals surface area contributed by atoms with Crippen molar-refractivity contribution < 1.29 is 16.8 Å². The van der Waals surface area contributed by atoms with E-state index in [4.69, 9.17) is 5.14 Å². The van der Waals surface area contributed by atoms with Gasteiger partial charge in [0.2, 0.25) is 20.0 Å². The lowest BCUT2D eigenvalue weighted by Crippen LogP contribution is -2.18.